The van der Waals surface area contributed by atoms with Crippen LogP contribution in [0.1, 0.15) is 31.2 Å². The molecule has 0 aromatic heterocycles. The van der Waals surface area contributed by atoms with Crippen molar-refractivity contribution in [3.05, 3.63) is 33.9 Å². The number of piperidine rings is 1. The number of anilines is 1. The molecule has 0 radical (unpaired) electrons. The number of rotatable bonds is 5. The molecule has 2 fully saturated rings. The lowest BCUT2D eigenvalue weighted by Gasteiger charge is -2.32. The number of alkyl halides is 3. The maximum absolute atomic E-state index is 12.9. The fourth-order valence-corrected chi connectivity index (χ4v) is 3.88. The normalized spacial score (nSPS) is 17.8. The Labute approximate surface area is 171 Å². The van der Waals surface area contributed by atoms with E-state index in [0.29, 0.717) is 45.1 Å². The van der Waals surface area contributed by atoms with Crippen LogP contribution < -0.4 is 10.2 Å². The van der Waals surface area contributed by atoms with Crippen LogP contribution in [0.4, 0.5) is 24.5 Å². The van der Waals surface area contributed by atoms with Crippen molar-refractivity contribution >= 4 is 23.2 Å². The number of nitrogens with one attached hydrogen (secondary N) is 1. The number of amides is 2. The Morgan fingerprint density at radius 1 is 1.13 bits per heavy atom. The fraction of sp³-hybridized carbons (Fsp3) is 0.579. The van der Waals surface area contributed by atoms with Crippen LogP contribution in [0.15, 0.2) is 18.2 Å². The minimum atomic E-state index is -4.67. The highest BCUT2D eigenvalue weighted by Gasteiger charge is 2.35. The number of hydrogen-bond donors (Lipinski definition) is 1. The van der Waals surface area contributed by atoms with Crippen molar-refractivity contribution in [2.24, 2.45) is 5.92 Å². The fourth-order valence-electron chi connectivity index (χ4n) is 3.88. The molecule has 0 spiro atoms. The summed E-state index contributed by atoms with van der Waals surface area (Å²) in [7, 11) is 0. The minimum absolute atomic E-state index is 0.0522. The molecule has 0 bridgehead atoms. The lowest BCUT2D eigenvalue weighted by Crippen LogP contribution is -2.44. The van der Waals surface area contributed by atoms with Gasteiger partial charge < -0.3 is 15.1 Å². The SMILES string of the molecule is O=C(NCC(=O)N1CCCC1)C1CCN(c2ccc(C(F)(F)F)cc2[N+](=O)[O-])CC1. The van der Waals surface area contributed by atoms with Gasteiger partial charge in [-0.1, -0.05) is 0 Å². The van der Waals surface area contributed by atoms with E-state index in [0.717, 1.165) is 25.0 Å². The van der Waals surface area contributed by atoms with Crippen LogP contribution >= 0.6 is 0 Å². The molecule has 1 aromatic carbocycles. The average molecular weight is 428 g/mol. The van der Waals surface area contributed by atoms with E-state index in [9.17, 15) is 32.9 Å². The van der Waals surface area contributed by atoms with Gasteiger partial charge in [0.1, 0.15) is 5.69 Å². The first-order chi connectivity index (χ1) is 14.2. The third-order valence-electron chi connectivity index (χ3n) is 5.58. The quantitative estimate of drug-likeness (QED) is 0.575. The molecule has 30 heavy (non-hydrogen) atoms. The molecular weight excluding hydrogens is 405 g/mol. The lowest BCUT2D eigenvalue weighted by molar-refractivity contribution is -0.384. The van der Waals surface area contributed by atoms with Crippen molar-refractivity contribution in [3.63, 3.8) is 0 Å². The maximum Gasteiger partial charge on any atom is 0.416 e. The Balaban J connectivity index is 1.57. The molecule has 11 heteroatoms. The van der Waals surface area contributed by atoms with Crippen LogP contribution in [0.25, 0.3) is 0 Å². The second-order valence-corrected chi connectivity index (χ2v) is 7.53. The van der Waals surface area contributed by atoms with Crippen molar-refractivity contribution in [1.82, 2.24) is 10.2 Å². The Morgan fingerprint density at radius 2 is 1.77 bits per heavy atom. The topological polar surface area (TPSA) is 95.8 Å². The van der Waals surface area contributed by atoms with E-state index in [4.69, 9.17) is 0 Å². The monoisotopic (exact) mass is 428 g/mol. The van der Waals surface area contributed by atoms with Crippen LogP contribution in [-0.4, -0.2) is 54.4 Å². The molecule has 0 saturated carbocycles. The Bertz CT molecular complexity index is 816. The molecule has 2 aliphatic heterocycles. The lowest BCUT2D eigenvalue weighted by atomic mass is 9.95. The second kappa shape index (κ2) is 8.88. The van der Waals surface area contributed by atoms with Crippen LogP contribution in [0.5, 0.6) is 0 Å². The summed E-state index contributed by atoms with van der Waals surface area (Å²) in [6.07, 6.45) is -1.95. The first-order valence-corrected chi connectivity index (χ1v) is 9.83. The minimum Gasteiger partial charge on any atom is -0.366 e. The summed E-state index contributed by atoms with van der Waals surface area (Å²) < 4.78 is 38.6. The molecule has 0 unspecified atom stereocenters. The standard InChI is InChI=1S/C19H23F3N4O4/c20-19(21,22)14-3-4-15(16(11-14)26(29)30)24-9-5-13(6-10-24)18(28)23-12-17(27)25-7-1-2-8-25/h3-4,11,13H,1-2,5-10,12H2,(H,23,28). The van der Waals surface area contributed by atoms with Crippen LogP contribution in [0.2, 0.25) is 0 Å². The zero-order valence-corrected chi connectivity index (χ0v) is 16.3. The first-order valence-electron chi connectivity index (χ1n) is 9.83. The van der Waals surface area contributed by atoms with E-state index in [-0.39, 0.29) is 30.0 Å². The largest absolute Gasteiger partial charge is 0.416 e. The van der Waals surface area contributed by atoms with E-state index in [1.807, 2.05) is 0 Å². The highest BCUT2D eigenvalue weighted by molar-refractivity contribution is 5.86. The van der Waals surface area contributed by atoms with Crippen molar-refractivity contribution in [2.75, 3.05) is 37.6 Å². The van der Waals surface area contributed by atoms with Gasteiger partial charge in [-0.25, -0.2) is 0 Å². The van der Waals surface area contributed by atoms with Gasteiger partial charge in [-0.05, 0) is 37.8 Å². The molecule has 0 aliphatic carbocycles. The molecule has 1 aromatic rings. The summed E-state index contributed by atoms with van der Waals surface area (Å²) in [6, 6.07) is 2.47. The highest BCUT2D eigenvalue weighted by atomic mass is 19.4. The van der Waals surface area contributed by atoms with Gasteiger partial charge >= 0.3 is 6.18 Å². The van der Waals surface area contributed by atoms with E-state index >= 15 is 0 Å². The Kier molecular flexibility index (Phi) is 6.47. The van der Waals surface area contributed by atoms with Gasteiger partial charge in [-0.15, -0.1) is 0 Å². The average Bonchev–Trinajstić information content (AvgIpc) is 3.25. The highest BCUT2D eigenvalue weighted by Crippen LogP contribution is 2.37. The number of halogens is 3. The van der Waals surface area contributed by atoms with Crippen molar-refractivity contribution < 1.29 is 27.7 Å². The van der Waals surface area contributed by atoms with Gasteiger partial charge in [0.15, 0.2) is 0 Å². The van der Waals surface area contributed by atoms with E-state index in [2.05, 4.69) is 5.32 Å². The Hall–Kier alpha value is -2.85. The Morgan fingerprint density at radius 3 is 2.33 bits per heavy atom. The maximum atomic E-state index is 12.9. The summed E-state index contributed by atoms with van der Waals surface area (Å²) in [4.78, 5) is 38.2. The number of hydrogen-bond acceptors (Lipinski definition) is 5. The van der Waals surface area contributed by atoms with Gasteiger partial charge in [0.25, 0.3) is 5.69 Å². The molecule has 2 saturated heterocycles. The summed E-state index contributed by atoms with van der Waals surface area (Å²) >= 11 is 0. The third-order valence-corrected chi connectivity index (χ3v) is 5.58. The second-order valence-electron chi connectivity index (χ2n) is 7.53. The molecule has 2 heterocycles. The molecule has 0 atom stereocenters. The van der Waals surface area contributed by atoms with Gasteiger partial charge in [-0.3, -0.25) is 19.7 Å². The molecule has 8 nitrogen and oxygen atoms in total. The smallest absolute Gasteiger partial charge is 0.366 e. The number of nitro benzene ring substituents is 1. The summed E-state index contributed by atoms with van der Waals surface area (Å²) in [5, 5.41) is 13.9. The number of nitro groups is 1. The van der Waals surface area contributed by atoms with Crippen molar-refractivity contribution in [2.45, 2.75) is 31.9 Å². The summed E-state index contributed by atoms with van der Waals surface area (Å²) in [5.41, 5.74) is -1.57. The van der Waals surface area contributed by atoms with E-state index in [1.165, 1.54) is 0 Å². The van der Waals surface area contributed by atoms with Crippen molar-refractivity contribution in [1.29, 1.82) is 0 Å². The first kappa shape index (κ1) is 21.8. The van der Waals surface area contributed by atoms with E-state index in [1.54, 1.807) is 9.80 Å². The molecule has 164 valence electrons. The van der Waals surface area contributed by atoms with Crippen molar-refractivity contribution in [3.8, 4) is 0 Å². The predicted molar refractivity (Wildman–Crippen MR) is 102 cm³/mol. The van der Waals surface area contributed by atoms with Gasteiger partial charge in [0.05, 0.1) is 17.0 Å². The number of carbonyl (C=O) groups excluding carboxylic acids is 2. The third kappa shape index (κ3) is 5.00. The zero-order chi connectivity index (χ0) is 21.9. The molecule has 2 amide bonds. The van der Waals surface area contributed by atoms with Gasteiger partial charge in [0.2, 0.25) is 11.8 Å². The van der Waals surface area contributed by atoms with Crippen LogP contribution in [0, 0.1) is 16.0 Å². The van der Waals surface area contributed by atoms with Gasteiger partial charge in [0, 0.05) is 38.2 Å². The number of benzene rings is 1. The number of nitrogens with zero attached hydrogens (tertiary/aromatic N) is 3. The number of likely N-dealkylation sites (tertiary alicyclic amines) is 1. The summed E-state index contributed by atoms with van der Waals surface area (Å²) in [5.74, 6) is -0.705. The van der Waals surface area contributed by atoms with Gasteiger partial charge in [-0.2, -0.15) is 13.2 Å². The molecule has 2 aliphatic rings. The van der Waals surface area contributed by atoms with Crippen LogP contribution in [-0.2, 0) is 15.8 Å². The molecular formula is C19H23F3N4O4. The van der Waals surface area contributed by atoms with E-state index < -0.39 is 22.4 Å². The number of carbonyl (C=O) groups is 2. The molecule has 3 rings (SSSR count). The molecule has 1 N–H and O–H groups in total. The zero-order valence-electron chi connectivity index (χ0n) is 16.3. The summed E-state index contributed by atoms with van der Waals surface area (Å²) in [6.45, 7) is 1.95. The predicted octanol–water partition coefficient (Wildman–Crippen LogP) is 2.57. The van der Waals surface area contributed by atoms with Crippen LogP contribution in [0.3, 0.4) is 0 Å².